The van der Waals surface area contributed by atoms with Crippen molar-refractivity contribution in [1.29, 1.82) is 0 Å². The van der Waals surface area contributed by atoms with Crippen LogP contribution in [0.15, 0.2) is 48.5 Å². The fraction of sp³-hybridized carbons (Fsp3) is 0.318. The molecule has 4 atom stereocenters. The number of ether oxygens (including phenoxy) is 1. The van der Waals surface area contributed by atoms with Crippen LogP contribution in [0.1, 0.15) is 18.1 Å². The molecule has 3 heterocycles. The van der Waals surface area contributed by atoms with Gasteiger partial charge in [0.15, 0.2) is 0 Å². The molecule has 148 valence electrons. The summed E-state index contributed by atoms with van der Waals surface area (Å²) in [5, 5.41) is 6.18. The molecule has 0 bridgehead atoms. The van der Waals surface area contributed by atoms with Gasteiger partial charge >= 0.3 is 0 Å². The summed E-state index contributed by atoms with van der Waals surface area (Å²) < 4.78 is 5.16. The zero-order valence-electron chi connectivity index (χ0n) is 16.1. The highest BCUT2D eigenvalue weighted by Gasteiger charge is 2.69. The summed E-state index contributed by atoms with van der Waals surface area (Å²) in [4.78, 5) is 41.0. The summed E-state index contributed by atoms with van der Waals surface area (Å²) in [5.74, 6) is -1.43. The summed E-state index contributed by atoms with van der Waals surface area (Å²) in [6.45, 7) is 2.05. The maximum Gasteiger partial charge on any atom is 0.250 e. The van der Waals surface area contributed by atoms with Gasteiger partial charge in [-0.15, -0.1) is 0 Å². The maximum absolute atomic E-state index is 13.4. The average Bonchev–Trinajstić information content (AvgIpc) is 3.28. The SMILES string of the molecule is COc1ccc(CN2C(=O)[C@H]3[C@H](C)N[C@@]4(C(=O)Nc5ccccc54)[C@@H]3C2=O)cc1. The number of carbonyl (C=O) groups is 3. The van der Waals surface area contributed by atoms with Gasteiger partial charge in [0, 0.05) is 17.3 Å². The number of para-hydroxylation sites is 1. The van der Waals surface area contributed by atoms with Crippen LogP contribution in [0.4, 0.5) is 5.69 Å². The molecule has 5 rings (SSSR count). The minimum absolute atomic E-state index is 0.181. The summed E-state index contributed by atoms with van der Waals surface area (Å²) in [6, 6.07) is 14.3. The van der Waals surface area contributed by atoms with E-state index in [2.05, 4.69) is 10.6 Å². The van der Waals surface area contributed by atoms with Crippen LogP contribution in [0.5, 0.6) is 5.75 Å². The Balaban J connectivity index is 1.53. The van der Waals surface area contributed by atoms with Crippen molar-refractivity contribution in [3.63, 3.8) is 0 Å². The quantitative estimate of drug-likeness (QED) is 0.777. The first-order valence-electron chi connectivity index (χ1n) is 9.64. The van der Waals surface area contributed by atoms with E-state index in [1.165, 1.54) is 4.90 Å². The second kappa shape index (κ2) is 6.15. The normalized spacial score (nSPS) is 29.9. The highest BCUT2D eigenvalue weighted by molar-refractivity contribution is 6.15. The Kier molecular flexibility index (Phi) is 3.79. The Morgan fingerprint density at radius 1 is 1.03 bits per heavy atom. The van der Waals surface area contributed by atoms with Crippen molar-refractivity contribution >= 4 is 23.4 Å². The smallest absolute Gasteiger partial charge is 0.250 e. The molecule has 3 amide bonds. The van der Waals surface area contributed by atoms with E-state index in [0.29, 0.717) is 11.4 Å². The maximum atomic E-state index is 13.4. The zero-order valence-corrected chi connectivity index (χ0v) is 16.1. The minimum Gasteiger partial charge on any atom is -0.497 e. The predicted octanol–water partition coefficient (Wildman–Crippen LogP) is 1.64. The molecule has 3 aliphatic heterocycles. The Morgan fingerprint density at radius 3 is 2.48 bits per heavy atom. The molecule has 2 N–H and O–H groups in total. The van der Waals surface area contributed by atoms with Crippen LogP contribution in [-0.2, 0) is 26.5 Å². The minimum atomic E-state index is -1.21. The number of hydrogen-bond donors (Lipinski definition) is 2. The molecule has 2 aromatic carbocycles. The van der Waals surface area contributed by atoms with E-state index in [1.54, 1.807) is 19.2 Å². The molecule has 2 saturated heterocycles. The van der Waals surface area contributed by atoms with Crippen molar-refractivity contribution < 1.29 is 19.1 Å². The fourth-order valence-electron chi connectivity index (χ4n) is 5.05. The van der Waals surface area contributed by atoms with Crippen molar-refractivity contribution in [1.82, 2.24) is 10.2 Å². The molecule has 1 spiro atoms. The topological polar surface area (TPSA) is 87.7 Å². The van der Waals surface area contributed by atoms with Crippen molar-refractivity contribution in [3.8, 4) is 5.75 Å². The number of benzene rings is 2. The Labute approximate surface area is 168 Å². The van der Waals surface area contributed by atoms with Crippen molar-refractivity contribution in [2.24, 2.45) is 11.8 Å². The second-order valence-electron chi connectivity index (χ2n) is 7.85. The van der Waals surface area contributed by atoms with E-state index in [0.717, 1.165) is 11.1 Å². The lowest BCUT2D eigenvalue weighted by atomic mass is 9.76. The van der Waals surface area contributed by atoms with Gasteiger partial charge in [-0.1, -0.05) is 30.3 Å². The first-order chi connectivity index (χ1) is 14.0. The van der Waals surface area contributed by atoms with Gasteiger partial charge < -0.3 is 10.1 Å². The molecule has 3 aliphatic rings. The molecule has 29 heavy (non-hydrogen) atoms. The number of methoxy groups -OCH3 is 1. The molecule has 0 aromatic heterocycles. The van der Waals surface area contributed by atoms with Crippen LogP contribution in [0.3, 0.4) is 0 Å². The summed E-state index contributed by atoms with van der Waals surface area (Å²) in [7, 11) is 1.59. The Hall–Kier alpha value is -3.19. The Morgan fingerprint density at radius 2 is 1.76 bits per heavy atom. The molecule has 7 heteroatoms. The molecule has 0 aliphatic carbocycles. The number of hydrogen-bond acceptors (Lipinski definition) is 5. The number of anilines is 1. The van der Waals surface area contributed by atoms with E-state index < -0.39 is 17.4 Å². The van der Waals surface area contributed by atoms with Crippen LogP contribution in [0.25, 0.3) is 0 Å². The number of likely N-dealkylation sites (tertiary alicyclic amines) is 1. The fourth-order valence-corrected chi connectivity index (χ4v) is 5.05. The van der Waals surface area contributed by atoms with Gasteiger partial charge in [0.25, 0.3) is 0 Å². The lowest BCUT2D eigenvalue weighted by Crippen LogP contribution is -2.52. The summed E-state index contributed by atoms with van der Waals surface area (Å²) in [6.07, 6.45) is 0. The number of fused-ring (bicyclic) bond motifs is 4. The van der Waals surface area contributed by atoms with E-state index in [-0.39, 0.29) is 30.3 Å². The summed E-state index contributed by atoms with van der Waals surface area (Å²) >= 11 is 0. The predicted molar refractivity (Wildman–Crippen MR) is 105 cm³/mol. The van der Waals surface area contributed by atoms with E-state index in [9.17, 15) is 14.4 Å². The van der Waals surface area contributed by atoms with E-state index in [1.807, 2.05) is 43.3 Å². The van der Waals surface area contributed by atoms with Crippen LogP contribution >= 0.6 is 0 Å². The van der Waals surface area contributed by atoms with Crippen LogP contribution in [0.2, 0.25) is 0 Å². The third-order valence-corrected chi connectivity index (χ3v) is 6.36. The Bertz CT molecular complexity index is 1030. The number of amides is 3. The largest absolute Gasteiger partial charge is 0.497 e. The van der Waals surface area contributed by atoms with Gasteiger partial charge in [0.05, 0.1) is 25.5 Å². The summed E-state index contributed by atoms with van der Waals surface area (Å²) in [5.41, 5.74) is 1.05. The molecule has 2 fully saturated rings. The molecule has 7 nitrogen and oxygen atoms in total. The van der Waals surface area contributed by atoms with Gasteiger partial charge in [-0.05, 0) is 30.7 Å². The van der Waals surface area contributed by atoms with Gasteiger partial charge in [-0.2, -0.15) is 0 Å². The highest BCUT2D eigenvalue weighted by Crippen LogP contribution is 2.52. The van der Waals surface area contributed by atoms with Crippen molar-refractivity contribution in [2.75, 3.05) is 12.4 Å². The molecule has 0 saturated carbocycles. The standard InChI is InChI=1S/C22H21N3O4/c1-12-17-18(22(24-12)15-5-3-4-6-16(15)23-21(22)28)20(27)25(19(17)26)11-13-7-9-14(29-2)10-8-13/h3-10,12,17-18,24H,11H2,1-2H3,(H,23,28)/t12-,17-,18-,22+/m0/s1. The first kappa shape index (κ1) is 17.9. The van der Waals surface area contributed by atoms with Crippen LogP contribution in [0, 0.1) is 11.8 Å². The van der Waals surface area contributed by atoms with Gasteiger partial charge in [-0.25, -0.2) is 0 Å². The van der Waals surface area contributed by atoms with E-state index >= 15 is 0 Å². The third-order valence-electron chi connectivity index (χ3n) is 6.36. The number of carbonyl (C=O) groups excluding carboxylic acids is 3. The van der Waals surface area contributed by atoms with Crippen molar-refractivity contribution in [2.45, 2.75) is 25.0 Å². The highest BCUT2D eigenvalue weighted by atomic mass is 16.5. The van der Waals surface area contributed by atoms with E-state index in [4.69, 9.17) is 4.74 Å². The number of rotatable bonds is 3. The van der Waals surface area contributed by atoms with Crippen molar-refractivity contribution in [3.05, 3.63) is 59.7 Å². The van der Waals surface area contributed by atoms with Crippen LogP contribution in [-0.4, -0.2) is 35.8 Å². The molecule has 0 unspecified atom stereocenters. The first-order valence-corrected chi connectivity index (χ1v) is 9.64. The average molecular weight is 391 g/mol. The molecule has 2 aromatic rings. The lowest BCUT2D eigenvalue weighted by molar-refractivity contribution is -0.143. The number of nitrogens with zero attached hydrogens (tertiary/aromatic N) is 1. The monoisotopic (exact) mass is 391 g/mol. The number of imide groups is 1. The van der Waals surface area contributed by atoms with Gasteiger partial charge in [0.1, 0.15) is 11.3 Å². The third kappa shape index (κ3) is 2.31. The molecular weight excluding hydrogens is 370 g/mol. The number of nitrogens with one attached hydrogen (secondary N) is 2. The van der Waals surface area contributed by atoms with Gasteiger partial charge in [-0.3, -0.25) is 24.6 Å². The molecular formula is C22H21N3O4. The zero-order chi connectivity index (χ0) is 20.3. The molecule has 0 radical (unpaired) electrons. The van der Waals surface area contributed by atoms with Gasteiger partial charge in [0.2, 0.25) is 17.7 Å². The van der Waals surface area contributed by atoms with Crippen LogP contribution < -0.4 is 15.4 Å². The lowest BCUT2D eigenvalue weighted by Gasteiger charge is -2.29. The second-order valence-corrected chi connectivity index (χ2v) is 7.85.